The topological polar surface area (TPSA) is 87.7 Å². The maximum absolute atomic E-state index is 11.6. The molecule has 1 amide bonds. The molecule has 3 N–H and O–H groups in total. The van der Waals surface area contributed by atoms with Crippen LogP contribution in [-0.2, 0) is 16.2 Å². The van der Waals surface area contributed by atoms with Gasteiger partial charge in [0.25, 0.3) is 0 Å². The van der Waals surface area contributed by atoms with Crippen molar-refractivity contribution < 1.29 is 19.4 Å². The van der Waals surface area contributed by atoms with Gasteiger partial charge < -0.3 is 20.5 Å². The summed E-state index contributed by atoms with van der Waals surface area (Å²) in [5.41, 5.74) is 4.05. The molecule has 26 heavy (non-hydrogen) atoms. The van der Waals surface area contributed by atoms with Gasteiger partial charge in [-0.3, -0.25) is 9.59 Å². The number of nitrogens with one attached hydrogen (secondary N) is 2. The fraction of sp³-hybridized carbons (Fsp3) is 0.263. The maximum atomic E-state index is 11.6. The van der Waals surface area contributed by atoms with E-state index < -0.39 is 18.3 Å². The molecule has 0 aromatic heterocycles. The summed E-state index contributed by atoms with van der Waals surface area (Å²) in [6.07, 6.45) is -0.571. The number of halogens is 1. The van der Waals surface area contributed by atoms with Crippen LogP contribution in [0.3, 0.4) is 0 Å². The number of carbonyl (C=O) groups is 2. The molecule has 0 heterocycles. The Morgan fingerprint density at radius 2 is 1.73 bits per heavy atom. The highest BCUT2D eigenvalue weighted by atomic mass is 35.5. The molecular weight excluding hydrogens is 356 g/mol. The van der Waals surface area contributed by atoms with Gasteiger partial charge in [0.05, 0.1) is 0 Å². The third-order valence-corrected chi connectivity index (χ3v) is 3.90. The normalized spacial score (nSPS) is 10.3. The van der Waals surface area contributed by atoms with Crippen molar-refractivity contribution in [2.75, 3.05) is 17.7 Å². The monoisotopic (exact) mass is 376 g/mol. The van der Waals surface area contributed by atoms with Gasteiger partial charge in [0.2, 0.25) is 5.91 Å². The highest BCUT2D eigenvalue weighted by molar-refractivity contribution is 6.30. The average molecular weight is 377 g/mol. The zero-order valence-electron chi connectivity index (χ0n) is 14.9. The van der Waals surface area contributed by atoms with Gasteiger partial charge in [0.15, 0.2) is 0 Å². The van der Waals surface area contributed by atoms with Gasteiger partial charge in [0, 0.05) is 23.4 Å². The number of hydrogen-bond donors (Lipinski definition) is 3. The summed E-state index contributed by atoms with van der Waals surface area (Å²) in [5, 5.41) is 14.9. The second kappa shape index (κ2) is 8.58. The Morgan fingerprint density at radius 3 is 2.31 bits per heavy atom. The molecule has 0 aliphatic heterocycles. The van der Waals surface area contributed by atoms with Gasteiger partial charge in [-0.15, -0.1) is 0 Å². The van der Waals surface area contributed by atoms with E-state index in [4.69, 9.17) is 21.4 Å². The number of hydrogen-bond acceptors (Lipinski definition) is 4. The van der Waals surface area contributed by atoms with Crippen LogP contribution < -0.4 is 15.4 Å². The van der Waals surface area contributed by atoms with Crippen LogP contribution in [0.4, 0.5) is 11.4 Å². The number of rotatable bonds is 7. The summed E-state index contributed by atoms with van der Waals surface area (Å²) < 4.78 is 5.94. The average Bonchev–Trinajstić information content (AvgIpc) is 2.52. The lowest BCUT2D eigenvalue weighted by molar-refractivity contribution is -0.139. The quantitative estimate of drug-likeness (QED) is 0.636. The predicted molar refractivity (Wildman–Crippen MR) is 102 cm³/mol. The van der Waals surface area contributed by atoms with E-state index in [1.165, 1.54) is 0 Å². The smallest absolute Gasteiger partial charge is 0.312 e. The molecule has 2 aromatic rings. The first-order valence-corrected chi connectivity index (χ1v) is 8.39. The Kier molecular flexibility index (Phi) is 6.46. The van der Waals surface area contributed by atoms with E-state index in [0.717, 1.165) is 22.4 Å². The van der Waals surface area contributed by atoms with Crippen molar-refractivity contribution in [3.8, 4) is 5.75 Å². The SMILES string of the molecule is CNc1cc(Cl)cc(COc2c(C)cc(NC(=O)CC(=O)O)cc2C)c1. The Bertz CT molecular complexity index is 813. The summed E-state index contributed by atoms with van der Waals surface area (Å²) in [4.78, 5) is 22.2. The molecule has 2 aromatic carbocycles. The van der Waals surface area contributed by atoms with E-state index in [2.05, 4.69) is 10.6 Å². The first-order chi connectivity index (χ1) is 12.3. The Morgan fingerprint density at radius 1 is 1.08 bits per heavy atom. The molecule has 0 aliphatic rings. The zero-order chi connectivity index (χ0) is 19.3. The summed E-state index contributed by atoms with van der Waals surface area (Å²) in [6.45, 7) is 4.08. The largest absolute Gasteiger partial charge is 0.488 e. The minimum absolute atomic E-state index is 0.349. The lowest BCUT2D eigenvalue weighted by atomic mass is 10.1. The van der Waals surface area contributed by atoms with Gasteiger partial charge in [0.1, 0.15) is 18.8 Å². The van der Waals surface area contributed by atoms with Crippen molar-refractivity contribution in [1.29, 1.82) is 0 Å². The molecule has 138 valence electrons. The van der Waals surface area contributed by atoms with Crippen LogP contribution in [0.15, 0.2) is 30.3 Å². The van der Waals surface area contributed by atoms with E-state index >= 15 is 0 Å². The molecular formula is C19H21ClN2O4. The maximum Gasteiger partial charge on any atom is 0.312 e. The summed E-state index contributed by atoms with van der Waals surface area (Å²) in [6, 6.07) is 9.12. The highest BCUT2D eigenvalue weighted by Gasteiger charge is 2.11. The Balaban J connectivity index is 2.12. The second-order valence-electron chi connectivity index (χ2n) is 5.94. The van der Waals surface area contributed by atoms with Crippen LogP contribution >= 0.6 is 11.6 Å². The number of amides is 1. The molecule has 0 radical (unpaired) electrons. The number of aliphatic carboxylic acids is 1. The van der Waals surface area contributed by atoms with Gasteiger partial charge >= 0.3 is 5.97 Å². The van der Waals surface area contributed by atoms with Crippen LogP contribution in [-0.4, -0.2) is 24.0 Å². The molecule has 0 saturated carbocycles. The Labute approximate surface area is 157 Å². The lowest BCUT2D eigenvalue weighted by Crippen LogP contribution is -2.16. The molecule has 0 bridgehead atoms. The minimum atomic E-state index is -1.17. The van der Waals surface area contributed by atoms with Crippen LogP contribution in [0, 0.1) is 13.8 Å². The van der Waals surface area contributed by atoms with Crippen LogP contribution in [0.2, 0.25) is 5.02 Å². The molecule has 0 fully saturated rings. The third kappa shape index (κ3) is 5.39. The van der Waals surface area contributed by atoms with Crippen molar-refractivity contribution in [3.05, 3.63) is 52.0 Å². The molecule has 0 aliphatic carbocycles. The number of carboxylic acids is 1. The van der Waals surface area contributed by atoms with Crippen LogP contribution in [0.25, 0.3) is 0 Å². The summed E-state index contributed by atoms with van der Waals surface area (Å²) >= 11 is 6.10. The lowest BCUT2D eigenvalue weighted by Gasteiger charge is -2.15. The number of aryl methyl sites for hydroxylation is 2. The van der Waals surface area contributed by atoms with Gasteiger partial charge in [-0.05, 0) is 60.9 Å². The van der Waals surface area contributed by atoms with Gasteiger partial charge in [-0.2, -0.15) is 0 Å². The fourth-order valence-electron chi connectivity index (χ4n) is 2.63. The summed E-state index contributed by atoms with van der Waals surface area (Å²) in [5.74, 6) is -1.02. The Hall–Kier alpha value is -2.73. The van der Waals surface area contributed by atoms with E-state index in [1.807, 2.05) is 39.1 Å². The highest BCUT2D eigenvalue weighted by Crippen LogP contribution is 2.29. The molecule has 7 heteroatoms. The molecule has 0 atom stereocenters. The first kappa shape index (κ1) is 19.6. The molecule has 0 saturated heterocycles. The number of carbonyl (C=O) groups excluding carboxylic acids is 1. The van der Waals surface area contributed by atoms with Crippen molar-refractivity contribution in [3.63, 3.8) is 0 Å². The molecule has 2 rings (SSSR count). The van der Waals surface area contributed by atoms with Crippen LogP contribution in [0.1, 0.15) is 23.1 Å². The van der Waals surface area contributed by atoms with Crippen molar-refractivity contribution in [2.45, 2.75) is 26.9 Å². The van der Waals surface area contributed by atoms with Gasteiger partial charge in [-0.25, -0.2) is 0 Å². The number of benzene rings is 2. The first-order valence-electron chi connectivity index (χ1n) is 8.01. The second-order valence-corrected chi connectivity index (χ2v) is 6.38. The van der Waals surface area contributed by atoms with Crippen molar-refractivity contribution >= 4 is 34.9 Å². The molecule has 6 nitrogen and oxygen atoms in total. The number of ether oxygens (including phenoxy) is 1. The van der Waals surface area contributed by atoms with E-state index in [1.54, 1.807) is 12.1 Å². The summed E-state index contributed by atoms with van der Waals surface area (Å²) in [7, 11) is 1.82. The minimum Gasteiger partial charge on any atom is -0.488 e. The molecule has 0 spiro atoms. The predicted octanol–water partition coefficient (Wildman–Crippen LogP) is 3.99. The van der Waals surface area contributed by atoms with E-state index in [9.17, 15) is 9.59 Å². The zero-order valence-corrected chi connectivity index (χ0v) is 15.6. The number of carboxylic acid groups (broad SMARTS) is 1. The van der Waals surface area contributed by atoms with Crippen molar-refractivity contribution in [1.82, 2.24) is 0 Å². The third-order valence-electron chi connectivity index (χ3n) is 3.69. The molecule has 0 unspecified atom stereocenters. The van der Waals surface area contributed by atoms with E-state index in [-0.39, 0.29) is 0 Å². The van der Waals surface area contributed by atoms with Gasteiger partial charge in [-0.1, -0.05) is 11.6 Å². The fourth-order valence-corrected chi connectivity index (χ4v) is 2.88. The number of anilines is 2. The van der Waals surface area contributed by atoms with Crippen LogP contribution in [0.5, 0.6) is 5.75 Å². The standard InChI is InChI=1S/C19H21ClN2O4/c1-11-4-16(22-17(23)9-18(24)25)5-12(2)19(11)26-10-13-6-14(20)8-15(7-13)21-3/h4-8,21H,9-10H2,1-3H3,(H,22,23)(H,24,25). The van der Waals surface area contributed by atoms with E-state index in [0.29, 0.717) is 23.1 Å². The van der Waals surface area contributed by atoms with Crippen molar-refractivity contribution in [2.24, 2.45) is 0 Å².